The van der Waals surface area contributed by atoms with E-state index in [2.05, 4.69) is 330 Å². The minimum Gasteiger partial charge on any atom is -0.309 e. The van der Waals surface area contributed by atoms with Crippen LogP contribution in [0.3, 0.4) is 0 Å². The van der Waals surface area contributed by atoms with Crippen LogP contribution in [0, 0.1) is 20.8 Å². The molecule has 7 heteroatoms. The van der Waals surface area contributed by atoms with Crippen molar-refractivity contribution in [3.8, 4) is 79.2 Å². The minimum atomic E-state index is 0.599. The first kappa shape index (κ1) is 52.2. The van der Waals surface area contributed by atoms with E-state index in [0.717, 1.165) is 94.9 Å². The van der Waals surface area contributed by atoms with Crippen LogP contribution in [0.2, 0.25) is 0 Å². The molecule has 0 spiro atoms. The third-order valence-electron chi connectivity index (χ3n) is 18.8. The predicted molar refractivity (Wildman–Crippen MR) is 379 cm³/mol. The number of aryl methyl sites for hydroxylation is 3. The fourth-order valence-electron chi connectivity index (χ4n) is 14.5. The van der Waals surface area contributed by atoms with E-state index in [1.54, 1.807) is 0 Å². The Kier molecular flexibility index (Phi) is 11.8. The van der Waals surface area contributed by atoms with E-state index in [-0.39, 0.29) is 0 Å². The second-order valence-electron chi connectivity index (χ2n) is 24.1. The van der Waals surface area contributed by atoms with Gasteiger partial charge in [-0.1, -0.05) is 188 Å². The first-order valence-electron chi connectivity index (χ1n) is 31.2. The Balaban J connectivity index is 0.819. The van der Waals surface area contributed by atoms with Gasteiger partial charge >= 0.3 is 0 Å². The Morgan fingerprint density at radius 3 is 0.956 bits per heavy atom. The van der Waals surface area contributed by atoms with E-state index >= 15 is 0 Å². The van der Waals surface area contributed by atoms with Crippen LogP contribution in [0.1, 0.15) is 16.7 Å². The van der Waals surface area contributed by atoms with Crippen LogP contribution in [0.5, 0.6) is 0 Å². The number of para-hydroxylation sites is 6. The van der Waals surface area contributed by atoms with Crippen LogP contribution >= 0.6 is 0 Å². The van der Waals surface area contributed by atoms with Crippen LogP contribution in [0.25, 0.3) is 166 Å². The summed E-state index contributed by atoms with van der Waals surface area (Å²) in [5.41, 5.74) is 24.4. The van der Waals surface area contributed by atoms with Crippen LogP contribution in [-0.2, 0) is 0 Å². The third kappa shape index (κ3) is 8.25. The second kappa shape index (κ2) is 20.6. The van der Waals surface area contributed by atoms with E-state index < -0.39 is 0 Å². The molecule has 0 bridgehead atoms. The molecule has 428 valence electrons. The quantitative estimate of drug-likeness (QED) is 0.145. The number of hydrogen-bond acceptors (Lipinski definition) is 3. The van der Waals surface area contributed by atoms with Crippen molar-refractivity contribution in [1.82, 2.24) is 33.2 Å². The zero-order valence-corrected chi connectivity index (χ0v) is 50.3. The summed E-state index contributed by atoms with van der Waals surface area (Å²) in [6.07, 6.45) is 0. The van der Waals surface area contributed by atoms with E-state index in [0.29, 0.717) is 17.5 Å². The highest BCUT2D eigenvalue weighted by Crippen LogP contribution is 2.45. The van der Waals surface area contributed by atoms with Gasteiger partial charge < -0.3 is 18.3 Å². The molecule has 18 rings (SSSR count). The monoisotopic (exact) mass is 1160 g/mol. The summed E-state index contributed by atoms with van der Waals surface area (Å²) >= 11 is 0. The summed E-state index contributed by atoms with van der Waals surface area (Å²) in [6, 6.07) is 106. The van der Waals surface area contributed by atoms with Crippen molar-refractivity contribution in [2.75, 3.05) is 0 Å². The molecule has 13 aromatic carbocycles. The average Bonchev–Trinajstić information content (AvgIpc) is 1.63. The summed E-state index contributed by atoms with van der Waals surface area (Å²) in [5, 5.41) is 9.64. The average molecular weight is 1160 g/mol. The SMILES string of the molecule is Cc1ccc(-c2nc(-c3ccc(C)c(-c4cccc5c4c4cc(-n6c7ccccc7c7ccccc76)ccc4n5-c4ccccc4)c3)nc(-c3ccc(C)c(-c4cccc5c4c4cc(-n6c7ccccc7c7ccccc76)ccc4n5-c4ccccc4)c3)n2)cc1. The zero-order valence-electron chi connectivity index (χ0n) is 50.3. The van der Waals surface area contributed by atoms with E-state index in [1.807, 2.05) is 0 Å². The topological polar surface area (TPSA) is 58.4 Å². The number of fused-ring (bicyclic) bond motifs is 12. The van der Waals surface area contributed by atoms with Crippen LogP contribution < -0.4 is 0 Å². The number of benzene rings is 13. The molecule has 0 amide bonds. The Bertz CT molecular complexity index is 5530. The van der Waals surface area contributed by atoms with Gasteiger partial charge in [0.05, 0.1) is 44.1 Å². The number of aromatic nitrogens is 7. The summed E-state index contributed by atoms with van der Waals surface area (Å²) in [6.45, 7) is 6.54. The smallest absolute Gasteiger partial charge is 0.164 e. The summed E-state index contributed by atoms with van der Waals surface area (Å²) in [7, 11) is 0. The van der Waals surface area contributed by atoms with Crippen molar-refractivity contribution in [2.24, 2.45) is 0 Å². The molecular formula is C84H57N7. The van der Waals surface area contributed by atoms with Crippen molar-refractivity contribution in [2.45, 2.75) is 20.8 Å². The number of rotatable bonds is 9. The van der Waals surface area contributed by atoms with Crippen LogP contribution in [0.15, 0.2) is 291 Å². The standard InChI is InChI=1S/C84H57N7/c1-52-36-40-55(41-37-52)82-85-83(56-42-38-53(2)68(48-56)66-28-18-34-78-80(66)70-50-60(44-46-76(70)88(78)58-20-6-4-7-21-58)90-72-30-14-10-24-62(72)63-25-11-15-31-73(63)90)87-84(86-82)57-43-39-54(3)69(49-57)67-29-19-35-79-81(67)71-51-61(45-47-77(71)89(79)59-22-8-5-9-23-59)91-74-32-16-12-26-64(74)65-27-13-17-33-75(65)91/h4-51H,1-3H3. The molecule has 0 radical (unpaired) electrons. The fourth-order valence-corrected chi connectivity index (χ4v) is 14.5. The molecule has 7 nitrogen and oxygen atoms in total. The maximum atomic E-state index is 5.50. The van der Waals surface area contributed by atoms with Crippen molar-refractivity contribution in [3.05, 3.63) is 308 Å². The van der Waals surface area contributed by atoms with Gasteiger partial charge in [0.1, 0.15) is 0 Å². The molecule has 0 unspecified atom stereocenters. The highest BCUT2D eigenvalue weighted by Gasteiger charge is 2.24. The lowest BCUT2D eigenvalue weighted by atomic mass is 9.93. The molecule has 0 saturated heterocycles. The van der Waals surface area contributed by atoms with Crippen molar-refractivity contribution in [3.63, 3.8) is 0 Å². The van der Waals surface area contributed by atoms with E-state index in [9.17, 15) is 0 Å². The van der Waals surface area contributed by atoms with Crippen molar-refractivity contribution < 1.29 is 0 Å². The molecule has 5 heterocycles. The van der Waals surface area contributed by atoms with Crippen LogP contribution in [0.4, 0.5) is 0 Å². The van der Waals surface area contributed by atoms with Crippen molar-refractivity contribution >= 4 is 87.2 Å². The van der Waals surface area contributed by atoms with Crippen LogP contribution in [-0.4, -0.2) is 33.2 Å². The number of hydrogen-bond donors (Lipinski definition) is 0. The largest absolute Gasteiger partial charge is 0.309 e. The maximum absolute atomic E-state index is 5.50. The summed E-state index contributed by atoms with van der Waals surface area (Å²) in [4.78, 5) is 16.3. The van der Waals surface area contributed by atoms with E-state index in [4.69, 9.17) is 15.0 Å². The molecule has 0 fully saturated rings. The van der Waals surface area contributed by atoms with E-state index in [1.165, 1.54) is 70.7 Å². The highest BCUT2D eigenvalue weighted by molar-refractivity contribution is 6.19. The maximum Gasteiger partial charge on any atom is 0.164 e. The highest BCUT2D eigenvalue weighted by atomic mass is 15.0. The molecule has 18 aromatic rings. The Morgan fingerprint density at radius 2 is 0.549 bits per heavy atom. The Hall–Kier alpha value is -11.9. The third-order valence-corrected chi connectivity index (χ3v) is 18.8. The molecule has 0 aliphatic heterocycles. The molecule has 5 aromatic heterocycles. The first-order valence-corrected chi connectivity index (χ1v) is 31.2. The Labute approximate surface area is 525 Å². The normalized spacial score (nSPS) is 11.9. The lowest BCUT2D eigenvalue weighted by molar-refractivity contribution is 1.07. The molecule has 0 atom stereocenters. The lowest BCUT2D eigenvalue weighted by Crippen LogP contribution is -2.01. The van der Waals surface area contributed by atoms with Crippen molar-refractivity contribution in [1.29, 1.82) is 0 Å². The molecular weight excluding hydrogens is 1110 g/mol. The zero-order chi connectivity index (χ0) is 60.4. The van der Waals surface area contributed by atoms with Gasteiger partial charge in [-0.15, -0.1) is 0 Å². The molecule has 91 heavy (non-hydrogen) atoms. The van der Waals surface area contributed by atoms with Gasteiger partial charge in [-0.2, -0.15) is 0 Å². The molecule has 0 aliphatic carbocycles. The first-order chi connectivity index (χ1) is 44.9. The molecule has 0 saturated carbocycles. The Morgan fingerprint density at radius 1 is 0.220 bits per heavy atom. The van der Waals surface area contributed by atoms with Gasteiger partial charge in [0.25, 0.3) is 0 Å². The van der Waals surface area contributed by atoms with Gasteiger partial charge in [-0.25, -0.2) is 15.0 Å². The molecule has 0 aliphatic rings. The summed E-state index contributed by atoms with van der Waals surface area (Å²) < 4.78 is 9.66. The van der Waals surface area contributed by atoms with Gasteiger partial charge in [-0.05, 0) is 163 Å². The fraction of sp³-hybridized carbons (Fsp3) is 0.0357. The number of nitrogens with zero attached hydrogens (tertiary/aromatic N) is 7. The lowest BCUT2D eigenvalue weighted by Gasteiger charge is -2.14. The predicted octanol–water partition coefficient (Wildman–Crippen LogP) is 21.5. The van der Waals surface area contributed by atoms with Gasteiger partial charge in [0, 0.05) is 82.5 Å². The minimum absolute atomic E-state index is 0.599. The molecule has 0 N–H and O–H groups in total. The van der Waals surface area contributed by atoms with Gasteiger partial charge in [-0.3, -0.25) is 0 Å². The van der Waals surface area contributed by atoms with Gasteiger partial charge in [0.15, 0.2) is 17.5 Å². The van der Waals surface area contributed by atoms with Gasteiger partial charge in [0.2, 0.25) is 0 Å². The summed E-state index contributed by atoms with van der Waals surface area (Å²) in [5.74, 6) is 1.81. The second-order valence-corrected chi connectivity index (χ2v) is 24.1.